The highest BCUT2D eigenvalue weighted by Gasteiger charge is 2.42. The molecule has 1 aromatic rings. The number of likely N-dealkylation sites (tertiary alicyclic amines) is 1. The van der Waals surface area contributed by atoms with Crippen LogP contribution in [0, 0.1) is 6.92 Å². The van der Waals surface area contributed by atoms with E-state index in [1.54, 1.807) is 0 Å². The lowest BCUT2D eigenvalue weighted by Crippen LogP contribution is -2.53. The first-order valence-electron chi connectivity index (χ1n) is 6.64. The van der Waals surface area contributed by atoms with Crippen molar-refractivity contribution < 1.29 is 4.42 Å². The minimum absolute atomic E-state index is 0.0782. The Morgan fingerprint density at radius 3 is 2.72 bits per heavy atom. The summed E-state index contributed by atoms with van der Waals surface area (Å²) in [7, 11) is 4.32. The molecular weight excluding hydrogens is 226 g/mol. The molecular formula is C14H25N3O. The molecule has 0 aromatic carbocycles. The van der Waals surface area contributed by atoms with Crippen LogP contribution < -0.4 is 5.73 Å². The van der Waals surface area contributed by atoms with Crippen LogP contribution in [-0.4, -0.2) is 48.6 Å². The molecule has 1 aliphatic rings. The molecule has 18 heavy (non-hydrogen) atoms. The van der Waals surface area contributed by atoms with E-state index in [1.807, 2.05) is 13.0 Å². The number of hydrogen-bond acceptors (Lipinski definition) is 4. The Balaban J connectivity index is 2.08. The Kier molecular flexibility index (Phi) is 3.80. The highest BCUT2D eigenvalue weighted by molar-refractivity contribution is 5.08. The average molecular weight is 251 g/mol. The molecule has 0 saturated carbocycles. The van der Waals surface area contributed by atoms with Crippen LogP contribution in [0.3, 0.4) is 0 Å². The third-order valence-electron chi connectivity index (χ3n) is 4.35. The standard InChI is InChI=1S/C14H25N3O/c1-11-7-14(9-15,10-16(11)3)17(4)8-13-6-5-12(2)18-13/h5-6,11H,7-10,15H2,1-4H3. The third kappa shape index (κ3) is 2.46. The quantitative estimate of drug-likeness (QED) is 0.879. The Bertz CT molecular complexity index is 391. The number of furan rings is 1. The molecule has 1 saturated heterocycles. The van der Waals surface area contributed by atoms with Gasteiger partial charge in [0.05, 0.1) is 6.54 Å². The van der Waals surface area contributed by atoms with Gasteiger partial charge in [-0.05, 0) is 46.5 Å². The Hall–Kier alpha value is -0.840. The lowest BCUT2D eigenvalue weighted by molar-refractivity contribution is 0.116. The molecule has 4 nitrogen and oxygen atoms in total. The molecule has 2 N–H and O–H groups in total. The Morgan fingerprint density at radius 1 is 1.56 bits per heavy atom. The van der Waals surface area contributed by atoms with Gasteiger partial charge < -0.3 is 15.1 Å². The molecule has 2 unspecified atom stereocenters. The van der Waals surface area contributed by atoms with E-state index in [0.717, 1.165) is 31.0 Å². The molecule has 2 rings (SSSR count). The third-order valence-corrected chi connectivity index (χ3v) is 4.35. The van der Waals surface area contributed by atoms with E-state index in [0.29, 0.717) is 12.6 Å². The summed E-state index contributed by atoms with van der Waals surface area (Å²) in [5.41, 5.74) is 6.13. The van der Waals surface area contributed by atoms with Crippen molar-refractivity contribution in [3.8, 4) is 0 Å². The van der Waals surface area contributed by atoms with Crippen molar-refractivity contribution in [1.29, 1.82) is 0 Å². The molecule has 2 heterocycles. The van der Waals surface area contributed by atoms with Crippen molar-refractivity contribution in [2.24, 2.45) is 5.73 Å². The molecule has 2 atom stereocenters. The molecule has 1 aromatic heterocycles. The van der Waals surface area contributed by atoms with E-state index < -0.39 is 0 Å². The zero-order valence-electron chi connectivity index (χ0n) is 11.9. The second-order valence-electron chi connectivity index (χ2n) is 5.77. The van der Waals surface area contributed by atoms with Crippen molar-refractivity contribution in [1.82, 2.24) is 9.80 Å². The van der Waals surface area contributed by atoms with Crippen LogP contribution >= 0.6 is 0 Å². The van der Waals surface area contributed by atoms with Crippen molar-refractivity contribution in [2.75, 3.05) is 27.2 Å². The maximum absolute atomic E-state index is 6.05. The molecule has 4 heteroatoms. The van der Waals surface area contributed by atoms with E-state index in [-0.39, 0.29) is 5.54 Å². The summed E-state index contributed by atoms with van der Waals surface area (Å²) in [6, 6.07) is 4.66. The normalized spacial score (nSPS) is 29.3. The SMILES string of the molecule is Cc1ccc(CN(C)C2(CN)CC(C)N(C)C2)o1. The van der Waals surface area contributed by atoms with E-state index in [9.17, 15) is 0 Å². The average Bonchev–Trinajstić information content (AvgIpc) is 2.85. The van der Waals surface area contributed by atoms with Crippen LogP contribution in [-0.2, 0) is 6.54 Å². The minimum atomic E-state index is 0.0782. The predicted octanol–water partition coefficient (Wildman–Crippen LogP) is 1.44. The zero-order valence-corrected chi connectivity index (χ0v) is 11.9. The fourth-order valence-electron chi connectivity index (χ4n) is 2.94. The van der Waals surface area contributed by atoms with E-state index in [2.05, 4.69) is 36.9 Å². The van der Waals surface area contributed by atoms with E-state index >= 15 is 0 Å². The van der Waals surface area contributed by atoms with Crippen molar-refractivity contribution in [2.45, 2.75) is 38.4 Å². The van der Waals surface area contributed by atoms with Gasteiger partial charge in [0.15, 0.2) is 0 Å². The fraction of sp³-hybridized carbons (Fsp3) is 0.714. The highest BCUT2D eigenvalue weighted by atomic mass is 16.3. The van der Waals surface area contributed by atoms with Crippen LogP contribution in [0.1, 0.15) is 24.9 Å². The number of aryl methyl sites for hydroxylation is 1. The van der Waals surface area contributed by atoms with Crippen molar-refractivity contribution in [3.63, 3.8) is 0 Å². The van der Waals surface area contributed by atoms with Crippen LogP contribution in [0.2, 0.25) is 0 Å². The van der Waals surface area contributed by atoms with E-state index in [4.69, 9.17) is 10.2 Å². The van der Waals surface area contributed by atoms with Gasteiger partial charge in [-0.3, -0.25) is 4.90 Å². The molecule has 0 bridgehead atoms. The molecule has 0 radical (unpaired) electrons. The summed E-state index contributed by atoms with van der Waals surface area (Å²) in [4.78, 5) is 4.74. The smallest absolute Gasteiger partial charge is 0.118 e. The summed E-state index contributed by atoms with van der Waals surface area (Å²) in [6.45, 7) is 6.79. The molecule has 0 spiro atoms. The van der Waals surface area contributed by atoms with Gasteiger partial charge in [-0.1, -0.05) is 0 Å². The van der Waals surface area contributed by atoms with Gasteiger partial charge in [0.2, 0.25) is 0 Å². The fourth-order valence-corrected chi connectivity index (χ4v) is 2.94. The first-order valence-corrected chi connectivity index (χ1v) is 6.64. The van der Waals surface area contributed by atoms with Crippen LogP contribution in [0.25, 0.3) is 0 Å². The minimum Gasteiger partial charge on any atom is -0.465 e. The Morgan fingerprint density at radius 2 is 2.28 bits per heavy atom. The summed E-state index contributed by atoms with van der Waals surface area (Å²) in [6.07, 6.45) is 1.12. The summed E-state index contributed by atoms with van der Waals surface area (Å²) >= 11 is 0. The molecule has 0 aliphatic carbocycles. The molecule has 102 valence electrons. The summed E-state index contributed by atoms with van der Waals surface area (Å²) in [5, 5.41) is 0. The molecule has 0 amide bonds. The maximum atomic E-state index is 6.05. The second kappa shape index (κ2) is 5.03. The zero-order chi connectivity index (χ0) is 13.3. The highest BCUT2D eigenvalue weighted by Crippen LogP contribution is 2.31. The van der Waals surface area contributed by atoms with Crippen LogP contribution in [0.5, 0.6) is 0 Å². The first-order chi connectivity index (χ1) is 8.47. The second-order valence-corrected chi connectivity index (χ2v) is 5.77. The number of hydrogen-bond donors (Lipinski definition) is 1. The first kappa shape index (κ1) is 13.6. The van der Waals surface area contributed by atoms with Gasteiger partial charge >= 0.3 is 0 Å². The maximum Gasteiger partial charge on any atom is 0.118 e. The van der Waals surface area contributed by atoms with Crippen molar-refractivity contribution in [3.05, 3.63) is 23.7 Å². The lowest BCUT2D eigenvalue weighted by Gasteiger charge is -2.37. The van der Waals surface area contributed by atoms with Crippen molar-refractivity contribution >= 4 is 0 Å². The number of likely N-dealkylation sites (N-methyl/N-ethyl adjacent to an activating group) is 2. The van der Waals surface area contributed by atoms with Gasteiger partial charge in [0, 0.05) is 24.7 Å². The molecule has 1 aliphatic heterocycles. The van der Waals surface area contributed by atoms with Gasteiger partial charge in [0.25, 0.3) is 0 Å². The number of rotatable bonds is 4. The van der Waals surface area contributed by atoms with Crippen LogP contribution in [0.4, 0.5) is 0 Å². The summed E-state index contributed by atoms with van der Waals surface area (Å²) in [5.74, 6) is 1.99. The monoisotopic (exact) mass is 251 g/mol. The largest absolute Gasteiger partial charge is 0.465 e. The van der Waals surface area contributed by atoms with Gasteiger partial charge in [0.1, 0.15) is 11.5 Å². The number of nitrogens with zero attached hydrogens (tertiary/aromatic N) is 2. The number of nitrogens with two attached hydrogens (primary N) is 1. The molecule has 1 fully saturated rings. The lowest BCUT2D eigenvalue weighted by atomic mass is 9.94. The summed E-state index contributed by atoms with van der Waals surface area (Å²) < 4.78 is 5.66. The van der Waals surface area contributed by atoms with Gasteiger partial charge in [-0.15, -0.1) is 0 Å². The topological polar surface area (TPSA) is 45.6 Å². The predicted molar refractivity (Wildman–Crippen MR) is 73.4 cm³/mol. The Labute approximate surface area is 110 Å². The van der Waals surface area contributed by atoms with E-state index in [1.165, 1.54) is 0 Å². The van der Waals surface area contributed by atoms with Gasteiger partial charge in [-0.25, -0.2) is 0 Å². The van der Waals surface area contributed by atoms with Crippen LogP contribution in [0.15, 0.2) is 16.5 Å². The van der Waals surface area contributed by atoms with Gasteiger partial charge in [-0.2, -0.15) is 0 Å².